The first-order valence-electron chi connectivity index (χ1n) is 6.67. The van der Waals surface area contributed by atoms with E-state index in [0.717, 1.165) is 21.2 Å². The second-order valence-electron chi connectivity index (χ2n) is 5.29. The van der Waals surface area contributed by atoms with E-state index in [1.165, 1.54) is 4.90 Å². The molecule has 0 saturated carbocycles. The van der Waals surface area contributed by atoms with Gasteiger partial charge in [0, 0.05) is 4.47 Å². The third-order valence-corrected chi connectivity index (χ3v) is 5.08. The van der Waals surface area contributed by atoms with Crippen LogP contribution >= 0.6 is 15.9 Å². The van der Waals surface area contributed by atoms with Gasteiger partial charge in [0.05, 0.1) is 16.8 Å². The number of nitrogens with zero attached hydrogens (tertiary/aromatic N) is 1. The van der Waals surface area contributed by atoms with E-state index in [1.54, 1.807) is 24.3 Å². The minimum absolute atomic E-state index is 0.252. The number of benzene rings is 2. The lowest BCUT2D eigenvalue weighted by Gasteiger charge is -2.21. The Morgan fingerprint density at radius 2 is 1.43 bits per heavy atom. The molecule has 21 heavy (non-hydrogen) atoms. The predicted molar refractivity (Wildman–Crippen MR) is 85.9 cm³/mol. The van der Waals surface area contributed by atoms with E-state index in [4.69, 9.17) is 0 Å². The summed E-state index contributed by atoms with van der Waals surface area (Å²) in [5.74, 6) is -0.505. The minimum Gasteiger partial charge on any atom is -0.268 e. The van der Waals surface area contributed by atoms with Crippen LogP contribution in [0.2, 0.25) is 0 Å². The van der Waals surface area contributed by atoms with Crippen molar-refractivity contribution in [2.24, 2.45) is 0 Å². The van der Waals surface area contributed by atoms with Crippen LogP contribution in [0.15, 0.2) is 34.8 Å². The Labute approximate surface area is 131 Å². The molecular formula is C17H14BrNO2. The molecule has 1 heterocycles. The van der Waals surface area contributed by atoms with Crippen molar-refractivity contribution in [3.8, 4) is 0 Å². The Balaban J connectivity index is 2.23. The van der Waals surface area contributed by atoms with Crippen molar-refractivity contribution in [3.05, 3.63) is 62.6 Å². The molecule has 4 heteroatoms. The maximum absolute atomic E-state index is 12.6. The van der Waals surface area contributed by atoms with E-state index in [1.807, 2.05) is 26.8 Å². The Hall–Kier alpha value is -1.94. The quantitative estimate of drug-likeness (QED) is 0.728. The summed E-state index contributed by atoms with van der Waals surface area (Å²) in [6, 6.07) is 8.93. The van der Waals surface area contributed by atoms with Crippen LogP contribution in [0.1, 0.15) is 37.4 Å². The number of carbonyl (C=O) groups is 2. The number of rotatable bonds is 1. The normalized spacial score (nSPS) is 13.8. The van der Waals surface area contributed by atoms with E-state index in [2.05, 4.69) is 15.9 Å². The van der Waals surface area contributed by atoms with Crippen molar-refractivity contribution in [2.75, 3.05) is 4.90 Å². The molecule has 0 atom stereocenters. The van der Waals surface area contributed by atoms with Gasteiger partial charge in [0.15, 0.2) is 0 Å². The van der Waals surface area contributed by atoms with Crippen molar-refractivity contribution in [1.29, 1.82) is 0 Å². The number of aryl methyl sites for hydroxylation is 2. The van der Waals surface area contributed by atoms with E-state index < -0.39 is 0 Å². The van der Waals surface area contributed by atoms with Gasteiger partial charge >= 0.3 is 0 Å². The fraction of sp³-hybridized carbons (Fsp3) is 0.176. The van der Waals surface area contributed by atoms with Gasteiger partial charge in [-0.2, -0.15) is 0 Å². The number of hydrogen-bond donors (Lipinski definition) is 0. The molecule has 0 fully saturated rings. The average Bonchev–Trinajstić information content (AvgIpc) is 2.71. The molecule has 1 aliphatic rings. The molecular weight excluding hydrogens is 330 g/mol. The fourth-order valence-electron chi connectivity index (χ4n) is 2.89. The molecule has 106 valence electrons. The first-order chi connectivity index (χ1) is 9.93. The van der Waals surface area contributed by atoms with Gasteiger partial charge in [-0.1, -0.05) is 34.1 Å². The highest BCUT2D eigenvalue weighted by Gasteiger charge is 2.38. The highest BCUT2D eigenvalue weighted by Crippen LogP contribution is 2.37. The van der Waals surface area contributed by atoms with Crippen molar-refractivity contribution < 1.29 is 9.59 Å². The van der Waals surface area contributed by atoms with Gasteiger partial charge in [0.2, 0.25) is 0 Å². The van der Waals surface area contributed by atoms with Crippen LogP contribution in [0.5, 0.6) is 0 Å². The Morgan fingerprint density at radius 3 is 1.95 bits per heavy atom. The SMILES string of the molecule is Cc1cc(C)c(N2C(=O)c3ccccc3C2=O)c(C)c1Br. The van der Waals surface area contributed by atoms with Gasteiger partial charge in [0.1, 0.15) is 0 Å². The van der Waals surface area contributed by atoms with Gasteiger partial charge in [0.25, 0.3) is 11.8 Å². The Bertz CT molecular complexity index is 761. The molecule has 2 aromatic rings. The van der Waals surface area contributed by atoms with E-state index in [0.29, 0.717) is 16.8 Å². The molecule has 0 aliphatic carbocycles. The number of fused-ring (bicyclic) bond motifs is 1. The van der Waals surface area contributed by atoms with Gasteiger partial charge in [-0.25, -0.2) is 4.90 Å². The number of halogens is 1. The van der Waals surface area contributed by atoms with Crippen LogP contribution < -0.4 is 4.90 Å². The van der Waals surface area contributed by atoms with Gasteiger partial charge in [-0.15, -0.1) is 0 Å². The highest BCUT2D eigenvalue weighted by atomic mass is 79.9. The zero-order valence-electron chi connectivity index (χ0n) is 12.0. The van der Waals surface area contributed by atoms with Crippen molar-refractivity contribution in [3.63, 3.8) is 0 Å². The van der Waals surface area contributed by atoms with E-state index >= 15 is 0 Å². The molecule has 2 aromatic carbocycles. The fourth-order valence-corrected chi connectivity index (χ4v) is 3.19. The minimum atomic E-state index is -0.252. The average molecular weight is 344 g/mol. The highest BCUT2D eigenvalue weighted by molar-refractivity contribution is 9.10. The van der Waals surface area contributed by atoms with Crippen LogP contribution in [0.3, 0.4) is 0 Å². The number of amides is 2. The van der Waals surface area contributed by atoms with Crippen molar-refractivity contribution >= 4 is 33.4 Å². The molecule has 0 saturated heterocycles. The van der Waals surface area contributed by atoms with Gasteiger partial charge in [-0.3, -0.25) is 9.59 Å². The largest absolute Gasteiger partial charge is 0.268 e. The molecule has 0 unspecified atom stereocenters. The summed E-state index contributed by atoms with van der Waals surface area (Å²) in [5, 5.41) is 0. The molecule has 3 rings (SSSR count). The topological polar surface area (TPSA) is 37.4 Å². The third kappa shape index (κ3) is 1.94. The molecule has 0 bridgehead atoms. The second kappa shape index (κ2) is 4.81. The van der Waals surface area contributed by atoms with Crippen LogP contribution in [-0.4, -0.2) is 11.8 Å². The van der Waals surface area contributed by atoms with E-state index in [-0.39, 0.29) is 11.8 Å². The lowest BCUT2D eigenvalue weighted by Crippen LogP contribution is -2.31. The summed E-state index contributed by atoms with van der Waals surface area (Å²) >= 11 is 3.54. The first-order valence-corrected chi connectivity index (χ1v) is 7.47. The van der Waals surface area contributed by atoms with E-state index in [9.17, 15) is 9.59 Å². The van der Waals surface area contributed by atoms with Gasteiger partial charge < -0.3 is 0 Å². The first kappa shape index (κ1) is 14.0. The summed E-state index contributed by atoms with van der Waals surface area (Å²) in [6.45, 7) is 5.84. The number of carbonyl (C=O) groups excluding carboxylic acids is 2. The van der Waals surface area contributed by atoms with Gasteiger partial charge in [-0.05, 0) is 49.6 Å². The van der Waals surface area contributed by atoms with Crippen LogP contribution in [0.25, 0.3) is 0 Å². The van der Waals surface area contributed by atoms with Crippen LogP contribution in [-0.2, 0) is 0 Å². The molecule has 3 nitrogen and oxygen atoms in total. The number of hydrogen-bond acceptors (Lipinski definition) is 2. The molecule has 2 amide bonds. The molecule has 0 radical (unpaired) electrons. The number of imide groups is 1. The standard InChI is InChI=1S/C17H14BrNO2/c1-9-8-10(2)15(11(3)14(9)18)19-16(20)12-6-4-5-7-13(12)17(19)21/h4-8H,1-3H3. The molecule has 0 N–H and O–H groups in total. The van der Waals surface area contributed by atoms with Crippen LogP contribution in [0.4, 0.5) is 5.69 Å². The molecule has 0 spiro atoms. The molecule has 1 aliphatic heterocycles. The van der Waals surface area contributed by atoms with Crippen molar-refractivity contribution in [2.45, 2.75) is 20.8 Å². The summed E-state index contributed by atoms with van der Waals surface area (Å²) in [6.07, 6.45) is 0. The molecule has 0 aromatic heterocycles. The zero-order chi connectivity index (χ0) is 15.3. The lowest BCUT2D eigenvalue weighted by atomic mass is 10.0. The summed E-state index contributed by atoms with van der Waals surface area (Å²) < 4.78 is 0.930. The van der Waals surface area contributed by atoms with Crippen LogP contribution in [0, 0.1) is 20.8 Å². The smallest absolute Gasteiger partial charge is 0.266 e. The predicted octanol–water partition coefficient (Wildman–Crippen LogP) is 4.17. The Kier molecular flexibility index (Phi) is 3.21. The Morgan fingerprint density at radius 1 is 0.905 bits per heavy atom. The number of anilines is 1. The third-order valence-electron chi connectivity index (χ3n) is 3.85. The second-order valence-corrected chi connectivity index (χ2v) is 6.08. The monoisotopic (exact) mass is 343 g/mol. The maximum Gasteiger partial charge on any atom is 0.266 e. The summed E-state index contributed by atoms with van der Waals surface area (Å²) in [4.78, 5) is 26.5. The summed E-state index contributed by atoms with van der Waals surface area (Å²) in [5.41, 5.74) is 4.53. The zero-order valence-corrected chi connectivity index (χ0v) is 13.6. The van der Waals surface area contributed by atoms with Crippen molar-refractivity contribution in [1.82, 2.24) is 0 Å². The maximum atomic E-state index is 12.6. The summed E-state index contributed by atoms with van der Waals surface area (Å²) in [7, 11) is 0. The lowest BCUT2D eigenvalue weighted by molar-refractivity contribution is 0.0925.